The molecule has 0 fully saturated rings. The number of aryl methyl sites for hydroxylation is 1. The van der Waals surface area contributed by atoms with Gasteiger partial charge in [0.05, 0.1) is 0 Å². The van der Waals surface area contributed by atoms with Crippen molar-refractivity contribution < 1.29 is 4.79 Å². The topological polar surface area (TPSA) is 55.2 Å². The van der Waals surface area contributed by atoms with Gasteiger partial charge in [-0.25, -0.2) is 4.98 Å². The Hall–Kier alpha value is -2.17. The maximum absolute atomic E-state index is 12.5. The van der Waals surface area contributed by atoms with Crippen LogP contribution in [0.15, 0.2) is 29.2 Å². The Morgan fingerprint density at radius 3 is 2.81 bits per heavy atom. The second-order valence-corrected chi connectivity index (χ2v) is 5.10. The maximum Gasteiger partial charge on any atom is 0.265 e. The molecule has 0 aliphatic rings. The molecule has 0 N–H and O–H groups in total. The van der Waals surface area contributed by atoms with Gasteiger partial charge < -0.3 is 4.90 Å². The molecule has 112 valence electrons. The summed E-state index contributed by atoms with van der Waals surface area (Å²) in [6.45, 7) is 5.10. The number of hydrogen-bond acceptors (Lipinski definition) is 3. The molecular weight excluding hydrogens is 266 g/mol. The number of unbranched alkanes of at least 4 members (excludes halogenated alkanes) is 1. The summed E-state index contributed by atoms with van der Waals surface area (Å²) in [5, 5.41) is 0.811. The summed E-state index contributed by atoms with van der Waals surface area (Å²) >= 11 is 0. The highest BCUT2D eigenvalue weighted by molar-refractivity contribution is 5.96. The summed E-state index contributed by atoms with van der Waals surface area (Å²) in [4.78, 5) is 30.8. The lowest BCUT2D eigenvalue weighted by Crippen LogP contribution is -2.35. The van der Waals surface area contributed by atoms with Gasteiger partial charge in [0.15, 0.2) is 0 Å². The minimum atomic E-state index is -0.267. The highest BCUT2D eigenvalue weighted by atomic mass is 16.2. The van der Waals surface area contributed by atoms with Gasteiger partial charge in [-0.3, -0.25) is 14.2 Å². The lowest BCUT2D eigenvalue weighted by molar-refractivity contribution is 0.0791. The number of amides is 1. The summed E-state index contributed by atoms with van der Waals surface area (Å²) < 4.78 is 1.55. The molecule has 0 saturated heterocycles. The van der Waals surface area contributed by atoms with Gasteiger partial charge in [0, 0.05) is 31.7 Å². The zero-order valence-corrected chi connectivity index (χ0v) is 12.8. The molecule has 2 aromatic rings. The van der Waals surface area contributed by atoms with E-state index in [2.05, 4.69) is 11.9 Å². The molecule has 2 aromatic heterocycles. The molecule has 0 radical (unpaired) electrons. The molecule has 0 aliphatic heterocycles. The normalized spacial score (nSPS) is 10.8. The van der Waals surface area contributed by atoms with Crippen LogP contribution >= 0.6 is 0 Å². The Morgan fingerprint density at radius 2 is 2.14 bits per heavy atom. The largest absolute Gasteiger partial charge is 0.342 e. The molecule has 0 spiro atoms. The van der Waals surface area contributed by atoms with Gasteiger partial charge in [-0.15, -0.1) is 0 Å². The molecule has 0 unspecified atom stereocenters. The van der Waals surface area contributed by atoms with Crippen molar-refractivity contribution in [3.63, 3.8) is 0 Å². The predicted octanol–water partition coefficient (Wildman–Crippen LogP) is 2.29. The van der Waals surface area contributed by atoms with Gasteiger partial charge in [-0.05, 0) is 31.5 Å². The summed E-state index contributed by atoms with van der Waals surface area (Å²) in [6.07, 6.45) is 3.60. The van der Waals surface area contributed by atoms with E-state index in [4.69, 9.17) is 0 Å². The number of hydrogen-bond donors (Lipinski definition) is 0. The van der Waals surface area contributed by atoms with Crippen molar-refractivity contribution in [1.29, 1.82) is 0 Å². The van der Waals surface area contributed by atoms with Crippen LogP contribution in [0, 0.1) is 0 Å². The first-order valence-electron chi connectivity index (χ1n) is 7.34. The van der Waals surface area contributed by atoms with Gasteiger partial charge in [0.25, 0.3) is 11.5 Å². The van der Waals surface area contributed by atoms with Crippen LogP contribution in [-0.2, 0) is 6.54 Å². The fourth-order valence-electron chi connectivity index (χ4n) is 2.36. The van der Waals surface area contributed by atoms with Crippen molar-refractivity contribution in [3.05, 3.63) is 40.3 Å². The SMILES string of the molecule is CCCCN(C)C(=O)c1cc2cccnc2n(CC)c1=O. The molecule has 0 aromatic carbocycles. The van der Waals surface area contributed by atoms with Crippen LogP contribution in [-0.4, -0.2) is 34.0 Å². The predicted molar refractivity (Wildman–Crippen MR) is 83.5 cm³/mol. The fourth-order valence-corrected chi connectivity index (χ4v) is 2.36. The first-order valence-corrected chi connectivity index (χ1v) is 7.34. The van der Waals surface area contributed by atoms with E-state index >= 15 is 0 Å². The zero-order chi connectivity index (χ0) is 15.4. The Labute approximate surface area is 124 Å². The molecule has 5 nitrogen and oxygen atoms in total. The smallest absolute Gasteiger partial charge is 0.265 e. The number of fused-ring (bicyclic) bond motifs is 1. The molecule has 2 heterocycles. The lowest BCUT2D eigenvalue weighted by Gasteiger charge is -2.17. The van der Waals surface area contributed by atoms with Crippen molar-refractivity contribution in [2.24, 2.45) is 0 Å². The minimum Gasteiger partial charge on any atom is -0.342 e. The standard InChI is InChI=1S/C16H21N3O2/c1-4-6-10-18(3)15(20)13-11-12-8-7-9-17-14(12)19(5-2)16(13)21/h7-9,11H,4-6,10H2,1-3H3. The third-order valence-corrected chi connectivity index (χ3v) is 3.59. The number of carbonyl (C=O) groups excluding carboxylic acids is 1. The highest BCUT2D eigenvalue weighted by Crippen LogP contribution is 2.12. The highest BCUT2D eigenvalue weighted by Gasteiger charge is 2.18. The molecule has 21 heavy (non-hydrogen) atoms. The van der Waals surface area contributed by atoms with E-state index < -0.39 is 0 Å². The first kappa shape index (κ1) is 15.2. The van der Waals surface area contributed by atoms with E-state index in [1.165, 1.54) is 0 Å². The quantitative estimate of drug-likeness (QED) is 0.848. The molecule has 0 saturated carbocycles. The van der Waals surface area contributed by atoms with Crippen molar-refractivity contribution >= 4 is 16.9 Å². The Balaban J connectivity index is 2.52. The van der Waals surface area contributed by atoms with Crippen molar-refractivity contribution in [3.8, 4) is 0 Å². The van der Waals surface area contributed by atoms with Crippen LogP contribution in [0.25, 0.3) is 11.0 Å². The number of carbonyl (C=O) groups is 1. The lowest BCUT2D eigenvalue weighted by atomic mass is 10.1. The number of rotatable bonds is 5. The molecule has 0 atom stereocenters. The Kier molecular flexibility index (Phi) is 4.73. The average Bonchev–Trinajstić information content (AvgIpc) is 2.51. The van der Waals surface area contributed by atoms with Crippen molar-refractivity contribution in [2.45, 2.75) is 33.2 Å². The summed E-state index contributed by atoms with van der Waals surface area (Å²) in [5.41, 5.74) is 0.575. The van der Waals surface area contributed by atoms with E-state index in [0.29, 0.717) is 18.7 Å². The summed E-state index contributed by atoms with van der Waals surface area (Å²) in [7, 11) is 1.74. The number of nitrogens with zero attached hydrogens (tertiary/aromatic N) is 3. The van der Waals surface area contributed by atoms with E-state index in [1.807, 2.05) is 19.1 Å². The number of pyridine rings is 2. The third-order valence-electron chi connectivity index (χ3n) is 3.59. The van der Waals surface area contributed by atoms with E-state index in [-0.39, 0.29) is 17.0 Å². The molecular formula is C16H21N3O2. The van der Waals surface area contributed by atoms with Crippen LogP contribution in [0.2, 0.25) is 0 Å². The Bertz CT molecular complexity index is 706. The van der Waals surface area contributed by atoms with E-state index in [0.717, 1.165) is 18.2 Å². The van der Waals surface area contributed by atoms with Crippen LogP contribution in [0.1, 0.15) is 37.0 Å². The average molecular weight is 287 g/mol. The molecule has 0 aliphatic carbocycles. The van der Waals surface area contributed by atoms with Gasteiger partial charge >= 0.3 is 0 Å². The number of aromatic nitrogens is 2. The summed E-state index contributed by atoms with van der Waals surface area (Å²) in [6, 6.07) is 5.33. The molecule has 1 amide bonds. The second kappa shape index (κ2) is 6.52. The zero-order valence-electron chi connectivity index (χ0n) is 12.8. The van der Waals surface area contributed by atoms with Crippen molar-refractivity contribution in [2.75, 3.05) is 13.6 Å². The van der Waals surface area contributed by atoms with Gasteiger partial charge in [-0.2, -0.15) is 0 Å². The van der Waals surface area contributed by atoms with Gasteiger partial charge in [0.2, 0.25) is 0 Å². The van der Waals surface area contributed by atoms with E-state index in [9.17, 15) is 9.59 Å². The molecule has 2 rings (SSSR count). The minimum absolute atomic E-state index is 0.218. The third kappa shape index (κ3) is 2.96. The molecule has 5 heteroatoms. The van der Waals surface area contributed by atoms with Crippen LogP contribution in [0.3, 0.4) is 0 Å². The summed E-state index contributed by atoms with van der Waals surface area (Å²) in [5.74, 6) is -0.221. The van der Waals surface area contributed by atoms with Gasteiger partial charge in [-0.1, -0.05) is 13.3 Å². The van der Waals surface area contributed by atoms with E-state index in [1.54, 1.807) is 28.8 Å². The van der Waals surface area contributed by atoms with Crippen molar-refractivity contribution in [1.82, 2.24) is 14.5 Å². The Morgan fingerprint density at radius 1 is 1.38 bits per heavy atom. The monoisotopic (exact) mass is 287 g/mol. The second-order valence-electron chi connectivity index (χ2n) is 5.10. The van der Waals surface area contributed by atoms with Crippen LogP contribution < -0.4 is 5.56 Å². The maximum atomic E-state index is 12.5. The van der Waals surface area contributed by atoms with Gasteiger partial charge in [0.1, 0.15) is 11.2 Å². The molecule has 0 bridgehead atoms. The van der Waals surface area contributed by atoms with Crippen LogP contribution in [0.5, 0.6) is 0 Å². The fraction of sp³-hybridized carbons (Fsp3) is 0.438. The van der Waals surface area contributed by atoms with Crippen LogP contribution in [0.4, 0.5) is 0 Å². The first-order chi connectivity index (χ1) is 10.1.